The Bertz CT molecular complexity index is 1240. The highest BCUT2D eigenvalue weighted by atomic mass is 19.4. The molecule has 1 atom stereocenters. The lowest BCUT2D eigenvalue weighted by molar-refractivity contribution is -0.223. The summed E-state index contributed by atoms with van der Waals surface area (Å²) < 4.78 is 41.3. The van der Waals surface area contributed by atoms with E-state index in [2.05, 4.69) is 49.9 Å². The molecule has 216 valence electrons. The number of carbonyl (C=O) groups is 1. The Morgan fingerprint density at radius 1 is 1.15 bits per heavy atom. The van der Waals surface area contributed by atoms with E-state index in [1.54, 1.807) is 13.8 Å². The molecule has 1 saturated heterocycles. The summed E-state index contributed by atoms with van der Waals surface area (Å²) in [5, 5.41) is 22.6. The van der Waals surface area contributed by atoms with Crippen LogP contribution in [0.4, 0.5) is 19.0 Å². The smallest absolute Gasteiger partial charge is 0.395 e. The first-order valence-electron chi connectivity index (χ1n) is 14.0. The van der Waals surface area contributed by atoms with Crippen molar-refractivity contribution in [2.24, 2.45) is 10.9 Å². The van der Waals surface area contributed by atoms with Gasteiger partial charge in [0, 0.05) is 30.7 Å². The van der Waals surface area contributed by atoms with Gasteiger partial charge in [0.1, 0.15) is 0 Å². The summed E-state index contributed by atoms with van der Waals surface area (Å²) in [7, 11) is 0. The molecule has 3 aliphatic rings. The topological polar surface area (TPSA) is 97.6 Å². The first-order chi connectivity index (χ1) is 19.1. The predicted molar refractivity (Wildman–Crippen MR) is 146 cm³/mol. The van der Waals surface area contributed by atoms with Crippen LogP contribution in [0.5, 0.6) is 0 Å². The van der Waals surface area contributed by atoms with Crippen LogP contribution in [0.25, 0.3) is 6.08 Å². The van der Waals surface area contributed by atoms with E-state index in [1.807, 2.05) is 6.07 Å². The summed E-state index contributed by atoms with van der Waals surface area (Å²) in [6.45, 7) is 4.88. The first kappa shape index (κ1) is 28.2. The normalized spacial score (nSPS) is 24.1. The average molecular weight is 558 g/mol. The quantitative estimate of drug-likeness (QED) is 0.401. The van der Waals surface area contributed by atoms with Gasteiger partial charge in [-0.15, -0.1) is 5.10 Å². The zero-order valence-electron chi connectivity index (χ0n) is 22.8. The number of aromatic nitrogens is 2. The van der Waals surface area contributed by atoms with E-state index in [-0.39, 0.29) is 48.0 Å². The average Bonchev–Trinajstić information content (AvgIpc) is 3.27. The van der Waals surface area contributed by atoms with Gasteiger partial charge in [-0.05, 0) is 63.5 Å². The Labute approximate surface area is 232 Å². The zero-order chi connectivity index (χ0) is 28.4. The standard InChI is InChI=1S/C29H37F3N6O2/c1-18(2)34-28(40)38-25-13-10-21(29(30,31)32)14-24(25)27(36-38)33-15-26(39)35-22-16-37(17-22)23-11-8-20(9-12-23)19-6-4-3-5-7-19/h3-7,10,13,18,20-23H,8-9,11-12,14-17H2,1-2H3,(H,33,36)(H,34,40)(H,35,39)/p-1. The van der Waals surface area contributed by atoms with Crippen molar-refractivity contribution in [2.75, 3.05) is 25.0 Å². The van der Waals surface area contributed by atoms with Crippen LogP contribution in [-0.2, 0) is 11.2 Å². The van der Waals surface area contributed by atoms with Crippen LogP contribution in [0.15, 0.2) is 41.4 Å². The van der Waals surface area contributed by atoms with Gasteiger partial charge >= 0.3 is 6.18 Å². The third kappa shape index (κ3) is 6.35. The number of carbonyl (C=O) groups excluding carboxylic acids is 1. The number of alkyl halides is 3. The van der Waals surface area contributed by atoms with Gasteiger partial charge in [-0.3, -0.25) is 14.7 Å². The third-order valence-corrected chi connectivity index (χ3v) is 8.08. The fourth-order valence-electron chi connectivity index (χ4n) is 5.96. The van der Waals surface area contributed by atoms with Crippen molar-refractivity contribution in [3.8, 4) is 0 Å². The number of fused-ring (bicyclic) bond motifs is 1. The van der Waals surface area contributed by atoms with Crippen molar-refractivity contribution in [1.29, 1.82) is 0 Å². The van der Waals surface area contributed by atoms with Crippen molar-refractivity contribution in [3.63, 3.8) is 0 Å². The summed E-state index contributed by atoms with van der Waals surface area (Å²) in [6, 6.07) is 10.3. The maximum atomic E-state index is 13.4. The summed E-state index contributed by atoms with van der Waals surface area (Å²) in [4.78, 5) is 19.0. The van der Waals surface area contributed by atoms with Gasteiger partial charge in [0.2, 0.25) is 5.91 Å². The summed E-state index contributed by atoms with van der Waals surface area (Å²) in [6.07, 6.45) is 2.14. The van der Waals surface area contributed by atoms with Crippen molar-refractivity contribution in [2.45, 2.75) is 76.2 Å². The Morgan fingerprint density at radius 2 is 1.85 bits per heavy atom. The number of hydrogen-bond donors (Lipinski definition) is 2. The molecule has 5 rings (SSSR count). The molecule has 2 N–H and O–H groups in total. The minimum Gasteiger partial charge on any atom is -0.845 e. The van der Waals surface area contributed by atoms with Crippen LogP contribution in [0.3, 0.4) is 0 Å². The Balaban J connectivity index is 1.13. The predicted octanol–water partition coefficient (Wildman–Crippen LogP) is 3.54. The maximum absolute atomic E-state index is 13.4. The summed E-state index contributed by atoms with van der Waals surface area (Å²) in [5.41, 5.74) is 1.93. The first-order valence-corrected chi connectivity index (χ1v) is 14.0. The van der Waals surface area contributed by atoms with E-state index in [9.17, 15) is 23.1 Å². The molecule has 0 bridgehead atoms. The zero-order valence-corrected chi connectivity index (χ0v) is 22.8. The van der Waals surface area contributed by atoms with E-state index in [4.69, 9.17) is 0 Å². The number of benzene rings is 1. The molecular weight excluding hydrogens is 521 g/mol. The van der Waals surface area contributed by atoms with Crippen molar-refractivity contribution >= 4 is 23.8 Å². The largest absolute Gasteiger partial charge is 0.845 e. The lowest BCUT2D eigenvalue weighted by atomic mass is 9.80. The molecule has 40 heavy (non-hydrogen) atoms. The van der Waals surface area contributed by atoms with Crippen molar-refractivity contribution in [1.82, 2.24) is 20.0 Å². The van der Waals surface area contributed by atoms with Gasteiger partial charge in [0.25, 0.3) is 0 Å². The van der Waals surface area contributed by atoms with Gasteiger partial charge in [-0.2, -0.15) is 13.2 Å². The summed E-state index contributed by atoms with van der Waals surface area (Å²) in [5.74, 6) is -1.24. The number of hydrogen-bond acceptors (Lipinski definition) is 6. The molecule has 11 heteroatoms. The molecule has 8 nitrogen and oxygen atoms in total. The maximum Gasteiger partial charge on any atom is 0.395 e. The number of likely N-dealkylation sites (tertiary alicyclic amines) is 1. The molecule has 1 unspecified atom stereocenters. The number of anilines is 1. The third-order valence-electron chi connectivity index (χ3n) is 8.08. The molecule has 1 aromatic carbocycles. The highest BCUT2D eigenvalue weighted by Gasteiger charge is 2.41. The molecule has 2 fully saturated rings. The van der Waals surface area contributed by atoms with Gasteiger partial charge in [0.15, 0.2) is 5.82 Å². The molecule has 0 spiro atoms. The van der Waals surface area contributed by atoms with Crippen LogP contribution in [0, 0.1) is 5.92 Å². The molecule has 1 saturated carbocycles. The number of allylic oxidation sites excluding steroid dienone is 1. The van der Waals surface area contributed by atoms with Gasteiger partial charge in [0.05, 0.1) is 30.2 Å². The number of rotatable bonds is 7. The SMILES string of the molecule is CC(C)N=C([O-])n1nc(NCC(=O)NC2CN(C3CCC(c4ccccc4)CC3)C2)c2c1C=CC(C(F)(F)F)C2. The Morgan fingerprint density at radius 3 is 2.50 bits per heavy atom. The fraction of sp³-hybridized carbons (Fsp3) is 0.552. The van der Waals surface area contributed by atoms with Crippen LogP contribution in [-0.4, -0.2) is 70.5 Å². The van der Waals surface area contributed by atoms with Crippen LogP contribution in [0.2, 0.25) is 0 Å². The molecular formula is C29H36F3N6O2-. The molecule has 0 radical (unpaired) electrons. The number of nitrogens with zero attached hydrogens (tertiary/aromatic N) is 4. The number of amides is 1. The van der Waals surface area contributed by atoms with Crippen LogP contribution >= 0.6 is 0 Å². The molecule has 2 heterocycles. The van der Waals surface area contributed by atoms with E-state index in [0.29, 0.717) is 12.0 Å². The molecule has 2 aromatic rings. The Hall–Kier alpha value is -3.34. The van der Waals surface area contributed by atoms with Gasteiger partial charge in [-0.1, -0.05) is 36.4 Å². The number of halogens is 3. The second kappa shape index (κ2) is 11.6. The van der Waals surface area contributed by atoms with Gasteiger partial charge in [-0.25, -0.2) is 4.68 Å². The monoisotopic (exact) mass is 557 g/mol. The van der Waals surface area contributed by atoms with E-state index in [0.717, 1.165) is 36.7 Å². The van der Waals surface area contributed by atoms with Crippen molar-refractivity contribution in [3.05, 3.63) is 53.2 Å². The second-order valence-corrected chi connectivity index (χ2v) is 11.3. The molecule has 1 aliphatic heterocycles. The Kier molecular flexibility index (Phi) is 8.21. The van der Waals surface area contributed by atoms with Crippen molar-refractivity contribution < 1.29 is 23.1 Å². The fourth-order valence-corrected chi connectivity index (χ4v) is 5.96. The van der Waals surface area contributed by atoms with Crippen LogP contribution in [0.1, 0.15) is 62.3 Å². The molecule has 1 aromatic heterocycles. The summed E-state index contributed by atoms with van der Waals surface area (Å²) >= 11 is 0. The molecule has 2 aliphatic carbocycles. The van der Waals surface area contributed by atoms with E-state index in [1.165, 1.54) is 24.5 Å². The number of aliphatic imine (C=N–C) groups is 1. The lowest BCUT2D eigenvalue weighted by Gasteiger charge is -2.46. The lowest BCUT2D eigenvalue weighted by Crippen LogP contribution is -2.63. The van der Waals surface area contributed by atoms with Gasteiger partial charge < -0.3 is 15.7 Å². The highest BCUT2D eigenvalue weighted by molar-refractivity contribution is 5.82. The van der Waals surface area contributed by atoms with E-state index >= 15 is 0 Å². The number of nitrogens with one attached hydrogen (secondary N) is 2. The minimum absolute atomic E-state index is 0.0385. The highest BCUT2D eigenvalue weighted by Crippen LogP contribution is 2.38. The second-order valence-electron chi connectivity index (χ2n) is 11.3. The minimum atomic E-state index is -4.42. The molecule has 1 amide bonds. The van der Waals surface area contributed by atoms with E-state index < -0.39 is 18.1 Å². The van der Waals surface area contributed by atoms with Crippen LogP contribution < -0.4 is 15.7 Å².